The van der Waals surface area contributed by atoms with Crippen LogP contribution in [0.25, 0.3) is 0 Å². The van der Waals surface area contributed by atoms with Crippen LogP contribution < -0.4 is 0 Å². The second-order valence-corrected chi connectivity index (χ2v) is 8.68. The first-order chi connectivity index (χ1) is 6.50. The summed E-state index contributed by atoms with van der Waals surface area (Å²) in [7, 11) is 0. The molecule has 0 aromatic carbocycles. The Labute approximate surface area is 131 Å². The van der Waals surface area contributed by atoms with E-state index in [9.17, 15) is 0 Å². The first-order valence-electron chi connectivity index (χ1n) is 4.08. The molecule has 4 N–H and O–H groups in total. The minimum Gasteiger partial charge on any atom is -0.412 e. The summed E-state index contributed by atoms with van der Waals surface area (Å²) in [4.78, 5) is 0. The van der Waals surface area contributed by atoms with E-state index in [2.05, 4.69) is 0 Å². The van der Waals surface area contributed by atoms with E-state index in [0.29, 0.717) is 0 Å². The third kappa shape index (κ3) is 11.2. The number of alkyl halides is 6. The lowest BCUT2D eigenvalue weighted by Crippen LogP contribution is -2.35. The highest BCUT2D eigenvalue weighted by atomic mass is 35.6. The van der Waals surface area contributed by atoms with Crippen LogP contribution in [0.2, 0.25) is 0 Å². The molecule has 17 heavy (non-hydrogen) atoms. The first kappa shape index (κ1) is 23.7. The Morgan fingerprint density at radius 3 is 0.647 bits per heavy atom. The van der Waals surface area contributed by atoms with Gasteiger partial charge in [0.15, 0.2) is 0 Å². The van der Waals surface area contributed by atoms with Crippen LogP contribution in [0.5, 0.6) is 0 Å². The normalized spacial score (nSPS) is 13.4. The molecule has 0 aliphatic rings. The zero-order chi connectivity index (χ0) is 14.0. The van der Waals surface area contributed by atoms with Gasteiger partial charge < -0.3 is 15.7 Å². The molecule has 0 aromatic rings. The molecule has 0 bridgehead atoms. The maximum absolute atomic E-state index is 8.96. The van der Waals surface area contributed by atoms with Crippen molar-refractivity contribution in [3.63, 3.8) is 0 Å². The molecule has 0 fully saturated rings. The molecule has 0 spiro atoms. The lowest BCUT2D eigenvalue weighted by atomic mass is 10.2. The number of hydrogen-bond donors (Lipinski definition) is 2. The number of hydrogen-bond acceptors (Lipinski definition) is 2. The molecule has 3 nitrogen and oxygen atoms in total. The summed E-state index contributed by atoms with van der Waals surface area (Å²) in [6.07, 6.45) is 0. The van der Waals surface area contributed by atoms with E-state index in [1.807, 2.05) is 0 Å². The van der Waals surface area contributed by atoms with Crippen LogP contribution in [-0.2, 0) is 0 Å². The smallest absolute Gasteiger partial charge is 0.218 e. The van der Waals surface area contributed by atoms with Gasteiger partial charge in [-0.1, -0.05) is 69.6 Å². The van der Waals surface area contributed by atoms with Gasteiger partial charge in [0.25, 0.3) is 0 Å². The van der Waals surface area contributed by atoms with E-state index in [-0.39, 0.29) is 5.48 Å². The van der Waals surface area contributed by atoms with Gasteiger partial charge in [-0.3, -0.25) is 0 Å². The fourth-order valence-corrected chi connectivity index (χ4v) is 0. The van der Waals surface area contributed by atoms with Crippen molar-refractivity contribution >= 4 is 69.6 Å². The molecule has 0 aromatic heterocycles. The van der Waals surface area contributed by atoms with Crippen molar-refractivity contribution in [3.05, 3.63) is 0 Å². The Morgan fingerprint density at radius 2 is 0.647 bits per heavy atom. The number of rotatable bonds is 0. The van der Waals surface area contributed by atoms with Crippen molar-refractivity contribution in [2.45, 2.75) is 46.5 Å². The van der Waals surface area contributed by atoms with Crippen molar-refractivity contribution in [1.29, 1.82) is 0 Å². The van der Waals surface area contributed by atoms with Crippen LogP contribution in [0.1, 0.15) is 27.7 Å². The minimum atomic E-state index is -1.59. The predicted molar refractivity (Wildman–Crippen MR) is 76.8 cm³/mol. The van der Waals surface area contributed by atoms with Gasteiger partial charge in [-0.25, -0.2) is 0 Å². The van der Waals surface area contributed by atoms with Crippen LogP contribution in [0.15, 0.2) is 0 Å². The van der Waals surface area contributed by atoms with Crippen LogP contribution >= 0.6 is 69.6 Å². The van der Waals surface area contributed by atoms with Gasteiger partial charge >= 0.3 is 0 Å². The quantitative estimate of drug-likeness (QED) is 0.639. The Kier molecular flexibility index (Phi) is 10.3. The van der Waals surface area contributed by atoms with Gasteiger partial charge in [0.05, 0.1) is 0 Å². The van der Waals surface area contributed by atoms with E-state index in [1.165, 1.54) is 27.7 Å². The third-order valence-electron chi connectivity index (χ3n) is 1.39. The summed E-state index contributed by atoms with van der Waals surface area (Å²) in [6.45, 7) is 5.72. The molecule has 9 heteroatoms. The van der Waals surface area contributed by atoms with Crippen molar-refractivity contribution < 1.29 is 15.7 Å². The average molecular weight is 373 g/mol. The molecule has 0 heterocycles. The molecule has 108 valence electrons. The molecule has 0 rings (SSSR count). The molecule has 0 radical (unpaired) electrons. The second-order valence-electron chi connectivity index (χ2n) is 4.11. The van der Waals surface area contributed by atoms with Gasteiger partial charge in [0.2, 0.25) is 7.59 Å². The molecule has 0 atom stereocenters. The molecular weight excluding hydrogens is 357 g/mol. The van der Waals surface area contributed by atoms with Crippen molar-refractivity contribution in [1.82, 2.24) is 0 Å². The maximum Gasteiger partial charge on any atom is 0.218 e. The van der Waals surface area contributed by atoms with Crippen molar-refractivity contribution in [2.75, 3.05) is 0 Å². The highest BCUT2D eigenvalue weighted by molar-refractivity contribution is 6.68. The van der Waals surface area contributed by atoms with Crippen LogP contribution in [0, 0.1) is 0 Å². The molecule has 0 saturated heterocycles. The van der Waals surface area contributed by atoms with Gasteiger partial charge in [-0.15, -0.1) is 0 Å². The summed E-state index contributed by atoms with van der Waals surface area (Å²) >= 11 is 31.7. The van der Waals surface area contributed by atoms with Crippen molar-refractivity contribution in [2.24, 2.45) is 0 Å². The zero-order valence-electron chi connectivity index (χ0n) is 9.66. The lowest BCUT2D eigenvalue weighted by molar-refractivity contribution is 0.0841. The standard InChI is InChI=1S/2C4H7Cl3O.H2O/c2*1-3(2,8)4(5,6)7;/h2*8H,1-2H3;1H2. The maximum atomic E-state index is 8.96. The van der Waals surface area contributed by atoms with E-state index < -0.39 is 18.8 Å². The minimum absolute atomic E-state index is 0. The zero-order valence-corrected chi connectivity index (χ0v) is 14.2. The highest BCUT2D eigenvalue weighted by Gasteiger charge is 2.38. The van der Waals surface area contributed by atoms with E-state index in [1.54, 1.807) is 0 Å². The van der Waals surface area contributed by atoms with Gasteiger partial charge in [-0.2, -0.15) is 0 Å². The fourth-order valence-electron chi connectivity index (χ4n) is 0. The highest BCUT2D eigenvalue weighted by Crippen LogP contribution is 2.37. The van der Waals surface area contributed by atoms with Crippen LogP contribution in [0.4, 0.5) is 0 Å². The molecule has 0 unspecified atom stereocenters. The lowest BCUT2D eigenvalue weighted by Gasteiger charge is -2.25. The van der Waals surface area contributed by atoms with Crippen molar-refractivity contribution in [3.8, 4) is 0 Å². The molecule has 0 amide bonds. The molecule has 0 aliphatic carbocycles. The van der Waals surface area contributed by atoms with Gasteiger partial charge in [-0.05, 0) is 27.7 Å². The molecular formula is C8H16Cl6O3. The third-order valence-corrected chi connectivity index (χ3v) is 4.16. The Bertz CT molecular complexity index is 159. The summed E-state index contributed by atoms with van der Waals surface area (Å²) < 4.78 is -3.18. The largest absolute Gasteiger partial charge is 0.412 e. The summed E-state index contributed by atoms with van der Waals surface area (Å²) in [6, 6.07) is 0. The van der Waals surface area contributed by atoms with Gasteiger partial charge in [0.1, 0.15) is 11.2 Å². The van der Waals surface area contributed by atoms with E-state index in [4.69, 9.17) is 79.8 Å². The average Bonchev–Trinajstić information content (AvgIpc) is 1.77. The predicted octanol–water partition coefficient (Wildman–Crippen LogP) is 3.43. The fraction of sp³-hybridized carbons (Fsp3) is 1.00. The SMILES string of the molecule is CC(C)(O)C(Cl)(Cl)Cl.CC(C)(O)C(Cl)(Cl)Cl.O. The molecule has 0 saturated carbocycles. The monoisotopic (exact) mass is 370 g/mol. The second kappa shape index (κ2) is 7.41. The molecule has 0 aliphatic heterocycles. The topological polar surface area (TPSA) is 72.0 Å². The van der Waals surface area contributed by atoms with Gasteiger partial charge in [0, 0.05) is 0 Å². The summed E-state index contributed by atoms with van der Waals surface area (Å²) in [5.41, 5.74) is -2.53. The first-order valence-corrected chi connectivity index (χ1v) is 6.35. The van der Waals surface area contributed by atoms with E-state index in [0.717, 1.165) is 0 Å². The van der Waals surface area contributed by atoms with Crippen LogP contribution in [0.3, 0.4) is 0 Å². The number of aliphatic hydroxyl groups is 2. The van der Waals surface area contributed by atoms with E-state index >= 15 is 0 Å². The Morgan fingerprint density at radius 1 is 0.588 bits per heavy atom. The Hall–Kier alpha value is 1.62. The summed E-state index contributed by atoms with van der Waals surface area (Å²) in [5.74, 6) is 0. The Balaban J connectivity index is -0.000000218. The van der Waals surface area contributed by atoms with Crippen LogP contribution in [-0.4, -0.2) is 34.5 Å². The summed E-state index contributed by atoms with van der Waals surface area (Å²) in [5, 5.41) is 17.9. The number of halogens is 6.